The Morgan fingerprint density at radius 1 is 1.28 bits per heavy atom. The van der Waals surface area contributed by atoms with Crippen LogP contribution < -0.4 is 0 Å². The Labute approximate surface area is 187 Å². The fourth-order valence-electron chi connectivity index (χ4n) is 8.56. The lowest BCUT2D eigenvalue weighted by Crippen LogP contribution is -2.69. The summed E-state index contributed by atoms with van der Waals surface area (Å²) in [6, 6.07) is 2.37. The minimum atomic E-state index is -1.24. The number of halogens is 1. The molecule has 5 fully saturated rings. The van der Waals surface area contributed by atoms with Crippen molar-refractivity contribution in [3.8, 4) is 6.07 Å². The van der Waals surface area contributed by atoms with E-state index in [-0.39, 0.29) is 48.8 Å². The van der Waals surface area contributed by atoms with Crippen LogP contribution in [0.25, 0.3) is 0 Å². The normalized spacial score (nSPS) is 58.1. The standard InChI is InChI=1S/C25H30FNO5/c1-13-10-30-25(24(11-27)12-31-24)20(32-13)8-16-15-7-18(26)17-6-14(28)4-5-22(17,2)21(15)19(29)9-23(16,25)3/h4-6,13,15-16,18-21,29H,7-10,12H2,1-3H3/t13?,15-,16-,18-,19-,20+,21+,22-,23-,24?,25+/m0/s1. The van der Waals surface area contributed by atoms with Gasteiger partial charge in [-0.05, 0) is 55.7 Å². The third kappa shape index (κ3) is 2.25. The molecule has 0 aromatic rings. The molecular formula is C25H30FNO5. The Kier molecular flexibility index (Phi) is 4.13. The first-order chi connectivity index (χ1) is 15.1. The maximum absolute atomic E-state index is 15.6. The minimum absolute atomic E-state index is 0.00304. The first-order valence-electron chi connectivity index (χ1n) is 11.7. The fourth-order valence-corrected chi connectivity index (χ4v) is 8.56. The van der Waals surface area contributed by atoms with Crippen LogP contribution in [0.1, 0.15) is 40.0 Å². The molecule has 2 aliphatic heterocycles. The molecule has 6 rings (SSSR count). The molecule has 0 bridgehead atoms. The molecule has 0 aromatic carbocycles. The predicted molar refractivity (Wildman–Crippen MR) is 111 cm³/mol. The van der Waals surface area contributed by atoms with E-state index in [1.54, 1.807) is 6.08 Å². The van der Waals surface area contributed by atoms with E-state index in [4.69, 9.17) is 14.2 Å². The molecule has 2 unspecified atom stereocenters. The number of fused-ring (bicyclic) bond motifs is 7. The van der Waals surface area contributed by atoms with Gasteiger partial charge in [-0.3, -0.25) is 4.79 Å². The van der Waals surface area contributed by atoms with E-state index >= 15 is 4.39 Å². The molecule has 6 nitrogen and oxygen atoms in total. The van der Waals surface area contributed by atoms with Gasteiger partial charge in [0, 0.05) is 16.7 Å². The number of hydrogen-bond acceptors (Lipinski definition) is 6. The van der Waals surface area contributed by atoms with Crippen molar-refractivity contribution in [3.63, 3.8) is 0 Å². The van der Waals surface area contributed by atoms with E-state index in [1.807, 2.05) is 13.8 Å². The smallest absolute Gasteiger partial charge is 0.209 e. The first kappa shape index (κ1) is 21.0. The van der Waals surface area contributed by atoms with E-state index in [1.165, 1.54) is 12.2 Å². The Morgan fingerprint density at radius 2 is 2.03 bits per heavy atom. The predicted octanol–water partition coefficient (Wildman–Crippen LogP) is 2.66. The molecule has 2 heterocycles. The zero-order valence-electron chi connectivity index (χ0n) is 18.7. The van der Waals surface area contributed by atoms with Crippen molar-refractivity contribution >= 4 is 5.78 Å². The number of rotatable bonds is 1. The number of alkyl halides is 1. The SMILES string of the molecule is CC1CO[C@]2(C3(C#N)CO3)[C@@H](C[C@H]3[C@@H]4C[C@H](F)C5=CC(=O)C=C[C@]5(C)[C@H]4[C@@H](O)C[C@@]32C)O1. The third-order valence-electron chi connectivity index (χ3n) is 9.79. The van der Waals surface area contributed by atoms with E-state index < -0.39 is 34.3 Å². The zero-order valence-corrected chi connectivity index (χ0v) is 18.7. The highest BCUT2D eigenvalue weighted by atomic mass is 19.1. The molecule has 172 valence electrons. The van der Waals surface area contributed by atoms with Crippen molar-refractivity contribution in [1.29, 1.82) is 5.26 Å². The highest BCUT2D eigenvalue weighted by molar-refractivity contribution is 6.01. The number of nitriles is 1. The average molecular weight is 444 g/mol. The molecule has 32 heavy (non-hydrogen) atoms. The summed E-state index contributed by atoms with van der Waals surface area (Å²) in [5.74, 6) is -0.533. The number of carbonyl (C=O) groups is 1. The van der Waals surface area contributed by atoms with Crippen LogP contribution in [0, 0.1) is 39.9 Å². The summed E-state index contributed by atoms with van der Waals surface area (Å²) >= 11 is 0. The van der Waals surface area contributed by atoms with Gasteiger partial charge in [0.05, 0.1) is 31.5 Å². The number of hydrogen-bond donors (Lipinski definition) is 1. The van der Waals surface area contributed by atoms with Crippen LogP contribution in [0.2, 0.25) is 0 Å². The molecule has 7 heteroatoms. The van der Waals surface area contributed by atoms with Gasteiger partial charge in [0.15, 0.2) is 5.78 Å². The summed E-state index contributed by atoms with van der Waals surface area (Å²) in [5, 5.41) is 21.7. The summed E-state index contributed by atoms with van der Waals surface area (Å²) in [4.78, 5) is 12.0. The van der Waals surface area contributed by atoms with Gasteiger partial charge < -0.3 is 19.3 Å². The molecule has 0 spiro atoms. The molecular weight excluding hydrogens is 413 g/mol. The van der Waals surface area contributed by atoms with Crippen molar-refractivity contribution in [2.45, 2.75) is 75.7 Å². The summed E-state index contributed by atoms with van der Waals surface area (Å²) in [6.45, 7) is 6.63. The number of aliphatic hydroxyl groups excluding tert-OH is 1. The maximum atomic E-state index is 15.6. The Balaban J connectivity index is 1.48. The van der Waals surface area contributed by atoms with Gasteiger partial charge in [0.25, 0.3) is 0 Å². The second-order valence-electron chi connectivity index (χ2n) is 11.3. The number of ketones is 1. The highest BCUT2D eigenvalue weighted by Gasteiger charge is 2.82. The number of allylic oxidation sites excluding steroid dienone is 4. The fraction of sp³-hybridized carbons (Fsp3) is 0.760. The topological polar surface area (TPSA) is 92.1 Å². The van der Waals surface area contributed by atoms with Gasteiger partial charge in [-0.2, -0.15) is 5.26 Å². The van der Waals surface area contributed by atoms with Crippen LogP contribution in [-0.4, -0.2) is 59.8 Å². The van der Waals surface area contributed by atoms with E-state index in [0.29, 0.717) is 25.0 Å². The van der Waals surface area contributed by atoms with Gasteiger partial charge in [0.1, 0.15) is 17.8 Å². The Hall–Kier alpha value is -1.59. The van der Waals surface area contributed by atoms with E-state index in [9.17, 15) is 15.2 Å². The Morgan fingerprint density at radius 3 is 2.72 bits per heavy atom. The summed E-state index contributed by atoms with van der Waals surface area (Å²) < 4.78 is 34.3. The van der Waals surface area contributed by atoms with Crippen molar-refractivity contribution in [2.75, 3.05) is 13.2 Å². The number of aliphatic hydroxyl groups is 1. The van der Waals surface area contributed by atoms with Crippen molar-refractivity contribution in [1.82, 2.24) is 0 Å². The lowest BCUT2D eigenvalue weighted by Gasteiger charge is -2.61. The lowest BCUT2D eigenvalue weighted by molar-refractivity contribution is -0.280. The second-order valence-corrected chi connectivity index (χ2v) is 11.3. The van der Waals surface area contributed by atoms with Crippen LogP contribution in [-0.2, 0) is 19.0 Å². The quantitative estimate of drug-likeness (QED) is 0.627. The van der Waals surface area contributed by atoms with Crippen molar-refractivity contribution < 1.29 is 28.5 Å². The first-order valence-corrected chi connectivity index (χ1v) is 11.7. The molecule has 3 saturated carbocycles. The molecule has 0 radical (unpaired) electrons. The molecule has 0 amide bonds. The Bertz CT molecular complexity index is 983. The number of carbonyl (C=O) groups excluding carboxylic acids is 1. The van der Waals surface area contributed by atoms with Crippen LogP contribution in [0.15, 0.2) is 23.8 Å². The summed E-state index contributed by atoms with van der Waals surface area (Å²) in [7, 11) is 0. The number of nitrogens with zero attached hydrogens (tertiary/aromatic N) is 1. The third-order valence-corrected chi connectivity index (χ3v) is 9.79. The zero-order chi connectivity index (χ0) is 22.7. The maximum Gasteiger partial charge on any atom is 0.209 e. The molecule has 2 saturated heterocycles. The summed E-state index contributed by atoms with van der Waals surface area (Å²) in [6.07, 6.45) is 3.62. The average Bonchev–Trinajstić information content (AvgIpc) is 3.49. The molecule has 1 N–H and O–H groups in total. The highest BCUT2D eigenvalue weighted by Crippen LogP contribution is 2.72. The van der Waals surface area contributed by atoms with Gasteiger partial charge in [-0.25, -0.2) is 4.39 Å². The van der Waals surface area contributed by atoms with Gasteiger partial charge >= 0.3 is 0 Å². The lowest BCUT2D eigenvalue weighted by atomic mass is 9.45. The molecule has 6 aliphatic rings. The van der Waals surface area contributed by atoms with Crippen LogP contribution >= 0.6 is 0 Å². The van der Waals surface area contributed by atoms with Gasteiger partial charge in [0.2, 0.25) is 5.60 Å². The summed E-state index contributed by atoms with van der Waals surface area (Å²) in [5.41, 5.74) is -2.91. The van der Waals surface area contributed by atoms with E-state index in [2.05, 4.69) is 13.0 Å². The second kappa shape index (κ2) is 6.29. The van der Waals surface area contributed by atoms with Crippen molar-refractivity contribution in [2.24, 2.45) is 28.6 Å². The van der Waals surface area contributed by atoms with E-state index in [0.717, 1.165) is 0 Å². The molecule has 0 aromatic heterocycles. The van der Waals surface area contributed by atoms with Gasteiger partial charge in [-0.1, -0.05) is 19.9 Å². The largest absolute Gasteiger partial charge is 0.393 e. The van der Waals surface area contributed by atoms with Crippen molar-refractivity contribution in [3.05, 3.63) is 23.8 Å². The van der Waals surface area contributed by atoms with Crippen LogP contribution in [0.3, 0.4) is 0 Å². The van der Waals surface area contributed by atoms with Crippen LogP contribution in [0.5, 0.6) is 0 Å². The van der Waals surface area contributed by atoms with Crippen LogP contribution in [0.4, 0.5) is 4.39 Å². The number of ether oxygens (including phenoxy) is 3. The molecule has 4 aliphatic carbocycles. The molecule has 11 atom stereocenters. The number of epoxide rings is 1. The minimum Gasteiger partial charge on any atom is -0.393 e. The monoisotopic (exact) mass is 443 g/mol. The van der Waals surface area contributed by atoms with Gasteiger partial charge in [-0.15, -0.1) is 0 Å².